The average molecular weight is 295 g/mol. The van der Waals surface area contributed by atoms with E-state index in [4.69, 9.17) is 0 Å². The van der Waals surface area contributed by atoms with Gasteiger partial charge in [0.1, 0.15) is 11.6 Å². The third-order valence-corrected chi connectivity index (χ3v) is 3.81. The van der Waals surface area contributed by atoms with Gasteiger partial charge in [0, 0.05) is 32.7 Å². The predicted molar refractivity (Wildman–Crippen MR) is 81.4 cm³/mol. The van der Waals surface area contributed by atoms with Gasteiger partial charge in [0.15, 0.2) is 5.96 Å². The number of hydrogen-bond acceptors (Lipinski definition) is 1. The Morgan fingerprint density at radius 3 is 2.48 bits per heavy atom. The maximum absolute atomic E-state index is 13.1. The van der Waals surface area contributed by atoms with E-state index in [1.165, 1.54) is 12.1 Å². The second kappa shape index (κ2) is 6.41. The fourth-order valence-corrected chi connectivity index (χ4v) is 2.70. The van der Waals surface area contributed by atoms with Crippen molar-refractivity contribution in [3.63, 3.8) is 0 Å². The number of halogens is 2. The van der Waals surface area contributed by atoms with E-state index in [1.807, 2.05) is 0 Å². The molecule has 0 unspecified atom stereocenters. The van der Waals surface area contributed by atoms with Gasteiger partial charge in [-0.2, -0.15) is 0 Å². The van der Waals surface area contributed by atoms with Gasteiger partial charge in [0.2, 0.25) is 0 Å². The fraction of sp³-hybridized carbons (Fsp3) is 0.562. The standard InChI is InChI=1S/C16H23F2N3/c1-16(2)5-7-21(11-16)15(19-3)20-6-4-12-8-13(17)10-14(18)9-12/h8-10H,4-7,11H2,1-3H3,(H,19,20). The molecule has 1 aliphatic heterocycles. The summed E-state index contributed by atoms with van der Waals surface area (Å²) in [5, 5.41) is 3.27. The van der Waals surface area contributed by atoms with Gasteiger partial charge in [-0.1, -0.05) is 13.8 Å². The molecule has 116 valence electrons. The molecule has 2 rings (SSSR count). The molecule has 5 heteroatoms. The van der Waals surface area contributed by atoms with Crippen molar-refractivity contribution in [1.29, 1.82) is 0 Å². The minimum absolute atomic E-state index is 0.309. The van der Waals surface area contributed by atoms with Gasteiger partial charge in [0.25, 0.3) is 0 Å². The van der Waals surface area contributed by atoms with Crippen LogP contribution in [0.3, 0.4) is 0 Å². The minimum Gasteiger partial charge on any atom is -0.356 e. The molecular weight excluding hydrogens is 272 g/mol. The molecule has 0 aliphatic carbocycles. The van der Waals surface area contributed by atoms with Crippen LogP contribution < -0.4 is 5.32 Å². The lowest BCUT2D eigenvalue weighted by Gasteiger charge is -2.23. The maximum Gasteiger partial charge on any atom is 0.193 e. The van der Waals surface area contributed by atoms with Crippen LogP contribution in [-0.2, 0) is 6.42 Å². The van der Waals surface area contributed by atoms with E-state index < -0.39 is 11.6 Å². The van der Waals surface area contributed by atoms with Crippen LogP contribution in [0.1, 0.15) is 25.8 Å². The number of nitrogens with one attached hydrogen (secondary N) is 1. The highest BCUT2D eigenvalue weighted by molar-refractivity contribution is 5.80. The topological polar surface area (TPSA) is 27.6 Å². The van der Waals surface area contributed by atoms with Crippen LogP contribution in [0.15, 0.2) is 23.2 Å². The van der Waals surface area contributed by atoms with Crippen molar-refractivity contribution in [2.45, 2.75) is 26.7 Å². The first-order valence-electron chi connectivity index (χ1n) is 7.30. The van der Waals surface area contributed by atoms with Crippen LogP contribution in [0.25, 0.3) is 0 Å². The summed E-state index contributed by atoms with van der Waals surface area (Å²) in [6.45, 7) is 7.06. The molecule has 1 aromatic rings. The average Bonchev–Trinajstić information content (AvgIpc) is 2.74. The Hall–Kier alpha value is -1.65. The van der Waals surface area contributed by atoms with Gasteiger partial charge in [0.05, 0.1) is 0 Å². The zero-order valence-electron chi connectivity index (χ0n) is 12.9. The van der Waals surface area contributed by atoms with Crippen LogP contribution in [0.5, 0.6) is 0 Å². The van der Waals surface area contributed by atoms with E-state index in [-0.39, 0.29) is 0 Å². The van der Waals surface area contributed by atoms with Crippen molar-refractivity contribution in [3.8, 4) is 0 Å². The first kappa shape index (κ1) is 15.7. The number of hydrogen-bond donors (Lipinski definition) is 1. The Kier molecular flexibility index (Phi) is 4.80. The van der Waals surface area contributed by atoms with Crippen LogP contribution in [0.2, 0.25) is 0 Å². The van der Waals surface area contributed by atoms with Crippen LogP contribution in [-0.4, -0.2) is 37.5 Å². The van der Waals surface area contributed by atoms with Crippen LogP contribution >= 0.6 is 0 Å². The number of rotatable bonds is 3. The monoisotopic (exact) mass is 295 g/mol. The van der Waals surface area contributed by atoms with Crippen molar-refractivity contribution in [2.75, 3.05) is 26.7 Å². The largest absolute Gasteiger partial charge is 0.356 e. The SMILES string of the molecule is CN=C(NCCc1cc(F)cc(F)c1)N1CCC(C)(C)C1. The number of benzene rings is 1. The molecule has 1 saturated heterocycles. The van der Waals surface area contributed by atoms with Crippen LogP contribution in [0, 0.1) is 17.0 Å². The van der Waals surface area contributed by atoms with Gasteiger partial charge in [-0.05, 0) is 36.0 Å². The Bertz CT molecular complexity index is 506. The Labute approximate surface area is 125 Å². The maximum atomic E-state index is 13.1. The smallest absolute Gasteiger partial charge is 0.193 e. The molecule has 1 heterocycles. The molecule has 0 aromatic heterocycles. The molecule has 21 heavy (non-hydrogen) atoms. The molecule has 0 spiro atoms. The lowest BCUT2D eigenvalue weighted by Crippen LogP contribution is -2.41. The predicted octanol–water partition coefficient (Wildman–Crippen LogP) is 2.81. The molecule has 0 atom stereocenters. The van der Waals surface area contributed by atoms with Gasteiger partial charge in [-0.15, -0.1) is 0 Å². The highest BCUT2D eigenvalue weighted by Crippen LogP contribution is 2.28. The summed E-state index contributed by atoms with van der Waals surface area (Å²) in [5.41, 5.74) is 0.959. The van der Waals surface area contributed by atoms with Crippen molar-refractivity contribution in [1.82, 2.24) is 10.2 Å². The number of likely N-dealkylation sites (tertiary alicyclic amines) is 1. The molecular formula is C16H23F2N3. The Balaban J connectivity index is 1.87. The summed E-state index contributed by atoms with van der Waals surface area (Å²) in [7, 11) is 1.76. The van der Waals surface area contributed by atoms with E-state index in [0.717, 1.165) is 31.5 Å². The van der Waals surface area contributed by atoms with Crippen LogP contribution in [0.4, 0.5) is 8.78 Å². The second-order valence-corrected chi connectivity index (χ2v) is 6.34. The second-order valence-electron chi connectivity index (χ2n) is 6.34. The normalized spacial score (nSPS) is 18.1. The summed E-state index contributed by atoms with van der Waals surface area (Å²) in [5.74, 6) is -0.205. The van der Waals surface area contributed by atoms with Crippen molar-refractivity contribution >= 4 is 5.96 Å². The van der Waals surface area contributed by atoms with E-state index in [1.54, 1.807) is 7.05 Å². The lowest BCUT2D eigenvalue weighted by molar-refractivity contribution is 0.370. The first-order valence-corrected chi connectivity index (χ1v) is 7.30. The minimum atomic E-state index is -0.532. The number of aliphatic imine (C=N–C) groups is 1. The molecule has 1 fully saturated rings. The molecule has 1 N–H and O–H groups in total. The van der Waals surface area contributed by atoms with Crippen molar-refractivity contribution in [2.24, 2.45) is 10.4 Å². The molecule has 3 nitrogen and oxygen atoms in total. The van der Waals surface area contributed by atoms with Gasteiger partial charge in [-0.25, -0.2) is 8.78 Å². The zero-order valence-corrected chi connectivity index (χ0v) is 12.9. The molecule has 0 saturated carbocycles. The summed E-state index contributed by atoms with van der Waals surface area (Å²) < 4.78 is 26.2. The summed E-state index contributed by atoms with van der Waals surface area (Å²) >= 11 is 0. The molecule has 0 radical (unpaired) electrons. The lowest BCUT2D eigenvalue weighted by atomic mass is 9.93. The van der Waals surface area contributed by atoms with Gasteiger partial charge >= 0.3 is 0 Å². The van der Waals surface area contributed by atoms with Crippen molar-refractivity contribution in [3.05, 3.63) is 35.4 Å². The number of guanidine groups is 1. The Morgan fingerprint density at radius 2 is 1.95 bits per heavy atom. The first-order chi connectivity index (χ1) is 9.89. The van der Waals surface area contributed by atoms with Gasteiger partial charge in [-0.3, -0.25) is 4.99 Å². The highest BCUT2D eigenvalue weighted by atomic mass is 19.1. The molecule has 1 aliphatic rings. The van der Waals surface area contributed by atoms with Crippen molar-refractivity contribution < 1.29 is 8.78 Å². The van der Waals surface area contributed by atoms with Gasteiger partial charge < -0.3 is 10.2 Å². The number of nitrogens with zero attached hydrogens (tertiary/aromatic N) is 2. The zero-order chi connectivity index (χ0) is 15.5. The molecule has 1 aromatic carbocycles. The summed E-state index contributed by atoms with van der Waals surface area (Å²) in [6.07, 6.45) is 1.70. The molecule has 0 bridgehead atoms. The van der Waals surface area contributed by atoms with E-state index in [2.05, 4.69) is 29.1 Å². The quantitative estimate of drug-likeness (QED) is 0.686. The van der Waals surface area contributed by atoms with E-state index in [9.17, 15) is 8.78 Å². The third-order valence-electron chi connectivity index (χ3n) is 3.81. The fourth-order valence-electron chi connectivity index (χ4n) is 2.70. The Morgan fingerprint density at radius 1 is 1.29 bits per heavy atom. The highest BCUT2D eigenvalue weighted by Gasteiger charge is 2.30. The third kappa shape index (κ3) is 4.41. The van der Waals surface area contributed by atoms with E-state index >= 15 is 0 Å². The summed E-state index contributed by atoms with van der Waals surface area (Å²) in [4.78, 5) is 6.51. The van der Waals surface area contributed by atoms with E-state index in [0.29, 0.717) is 23.9 Å². The summed E-state index contributed by atoms with van der Waals surface area (Å²) in [6, 6.07) is 3.63. The molecule has 0 amide bonds.